The van der Waals surface area contributed by atoms with Crippen molar-refractivity contribution in [2.24, 2.45) is 5.84 Å². The normalized spacial score (nSPS) is 12.4. The number of hydrogen-bond acceptors (Lipinski definition) is 4. The summed E-state index contributed by atoms with van der Waals surface area (Å²) in [6.07, 6.45) is 0.814. The highest BCUT2D eigenvalue weighted by atomic mass is 127. The maximum atomic E-state index is 5.70. The smallest absolute Gasteiger partial charge is 0.122 e. The van der Waals surface area contributed by atoms with Crippen molar-refractivity contribution < 1.29 is 4.74 Å². The number of nitrogens with two attached hydrogens (primary N) is 1. The summed E-state index contributed by atoms with van der Waals surface area (Å²) in [5.74, 6) is 6.62. The SMILES string of the molecule is COc1ccc(C)cc1CC(NN)c1csc(I)c1. The van der Waals surface area contributed by atoms with Crippen LogP contribution in [0.1, 0.15) is 22.7 Å². The quantitative estimate of drug-likeness (QED) is 0.469. The first kappa shape index (κ1) is 14.8. The monoisotopic (exact) mass is 388 g/mol. The van der Waals surface area contributed by atoms with E-state index < -0.39 is 0 Å². The first-order chi connectivity index (χ1) is 9.13. The zero-order valence-electron chi connectivity index (χ0n) is 10.9. The molecule has 0 aliphatic heterocycles. The molecule has 0 amide bonds. The summed E-state index contributed by atoms with van der Waals surface area (Å²) >= 11 is 4.06. The topological polar surface area (TPSA) is 47.3 Å². The molecule has 5 heteroatoms. The number of nitrogens with one attached hydrogen (secondary N) is 1. The van der Waals surface area contributed by atoms with Gasteiger partial charge in [-0.3, -0.25) is 11.3 Å². The molecule has 1 atom stereocenters. The third kappa shape index (κ3) is 3.68. The maximum absolute atomic E-state index is 5.70. The van der Waals surface area contributed by atoms with Crippen LogP contribution in [0.2, 0.25) is 0 Å². The standard InChI is InChI=1S/C14H17IN2OS/c1-9-3-4-13(18-2)10(5-9)6-12(17-16)11-7-14(15)19-8-11/h3-5,7-8,12,17H,6,16H2,1-2H3. The first-order valence-corrected chi connectivity index (χ1v) is 7.93. The fraction of sp³-hybridized carbons (Fsp3) is 0.286. The predicted molar refractivity (Wildman–Crippen MR) is 88.5 cm³/mol. The van der Waals surface area contributed by atoms with E-state index in [0.717, 1.165) is 12.2 Å². The molecule has 3 N–H and O–H groups in total. The van der Waals surface area contributed by atoms with Gasteiger partial charge in [0.2, 0.25) is 0 Å². The molecule has 0 bridgehead atoms. The molecule has 0 fully saturated rings. The molecule has 2 rings (SSSR count). The summed E-state index contributed by atoms with van der Waals surface area (Å²) in [4.78, 5) is 0. The van der Waals surface area contributed by atoms with E-state index in [9.17, 15) is 0 Å². The molecule has 102 valence electrons. The average molecular weight is 388 g/mol. The van der Waals surface area contributed by atoms with Crippen LogP contribution >= 0.6 is 33.9 Å². The van der Waals surface area contributed by atoms with Gasteiger partial charge in [0.1, 0.15) is 5.75 Å². The van der Waals surface area contributed by atoms with Gasteiger partial charge in [-0.15, -0.1) is 11.3 Å². The van der Waals surface area contributed by atoms with E-state index in [0.29, 0.717) is 0 Å². The van der Waals surface area contributed by atoms with Crippen LogP contribution in [0, 0.1) is 9.81 Å². The van der Waals surface area contributed by atoms with Gasteiger partial charge in [0.25, 0.3) is 0 Å². The highest BCUT2D eigenvalue weighted by Gasteiger charge is 2.15. The number of thiophene rings is 1. The van der Waals surface area contributed by atoms with Crippen LogP contribution < -0.4 is 16.0 Å². The molecule has 0 aliphatic carbocycles. The van der Waals surface area contributed by atoms with Crippen molar-refractivity contribution in [2.75, 3.05) is 7.11 Å². The minimum Gasteiger partial charge on any atom is -0.496 e. The Morgan fingerprint density at radius 1 is 1.42 bits per heavy atom. The number of hydrazine groups is 1. The van der Waals surface area contributed by atoms with Gasteiger partial charge in [-0.25, -0.2) is 0 Å². The van der Waals surface area contributed by atoms with Crippen molar-refractivity contribution in [3.05, 3.63) is 49.2 Å². The number of ether oxygens (including phenoxy) is 1. The second-order valence-corrected chi connectivity index (χ2v) is 7.23. The Kier molecular flexibility index (Phi) is 5.20. The molecule has 0 radical (unpaired) electrons. The van der Waals surface area contributed by atoms with E-state index >= 15 is 0 Å². The van der Waals surface area contributed by atoms with Crippen LogP contribution in [0.5, 0.6) is 5.75 Å². The lowest BCUT2D eigenvalue weighted by molar-refractivity contribution is 0.405. The van der Waals surface area contributed by atoms with Crippen LogP contribution in [0.15, 0.2) is 29.6 Å². The van der Waals surface area contributed by atoms with Gasteiger partial charge < -0.3 is 4.74 Å². The van der Waals surface area contributed by atoms with Crippen molar-refractivity contribution in [3.8, 4) is 5.75 Å². The van der Waals surface area contributed by atoms with Gasteiger partial charge in [0, 0.05) is 0 Å². The molecule has 0 spiro atoms. The largest absolute Gasteiger partial charge is 0.496 e. The van der Waals surface area contributed by atoms with Crippen LogP contribution in [-0.2, 0) is 6.42 Å². The van der Waals surface area contributed by atoms with E-state index in [2.05, 4.69) is 58.5 Å². The fourth-order valence-corrected chi connectivity index (χ4v) is 3.49. The molecule has 2 aromatic rings. The summed E-state index contributed by atoms with van der Waals surface area (Å²) in [7, 11) is 1.70. The fourth-order valence-electron chi connectivity index (χ4n) is 2.07. The first-order valence-electron chi connectivity index (χ1n) is 5.97. The predicted octanol–water partition coefficient (Wildman–Crippen LogP) is 3.42. The van der Waals surface area contributed by atoms with Crippen molar-refractivity contribution in [3.63, 3.8) is 0 Å². The van der Waals surface area contributed by atoms with Crippen LogP contribution in [0.4, 0.5) is 0 Å². The van der Waals surface area contributed by atoms with Crippen molar-refractivity contribution in [1.82, 2.24) is 5.43 Å². The van der Waals surface area contributed by atoms with Crippen molar-refractivity contribution >= 4 is 33.9 Å². The molecule has 1 unspecified atom stereocenters. The molecule has 3 nitrogen and oxygen atoms in total. The number of benzene rings is 1. The van der Waals surface area contributed by atoms with Crippen molar-refractivity contribution in [2.45, 2.75) is 19.4 Å². The van der Waals surface area contributed by atoms with Gasteiger partial charge >= 0.3 is 0 Å². The van der Waals surface area contributed by atoms with E-state index in [-0.39, 0.29) is 6.04 Å². The lowest BCUT2D eigenvalue weighted by atomic mass is 9.99. The van der Waals surface area contributed by atoms with Crippen molar-refractivity contribution in [1.29, 1.82) is 0 Å². The summed E-state index contributed by atoms with van der Waals surface area (Å²) in [5.41, 5.74) is 6.52. The second-order valence-electron chi connectivity index (χ2n) is 4.42. The van der Waals surface area contributed by atoms with E-state index in [4.69, 9.17) is 10.6 Å². The zero-order valence-corrected chi connectivity index (χ0v) is 13.9. The van der Waals surface area contributed by atoms with E-state index in [1.54, 1.807) is 18.4 Å². The number of aryl methyl sites for hydroxylation is 1. The molecule has 1 aromatic carbocycles. The molecule has 1 heterocycles. The number of methoxy groups -OCH3 is 1. The maximum Gasteiger partial charge on any atom is 0.122 e. The molecule has 0 saturated heterocycles. The molecule has 0 saturated carbocycles. The Morgan fingerprint density at radius 2 is 2.21 bits per heavy atom. The molecule has 19 heavy (non-hydrogen) atoms. The summed E-state index contributed by atoms with van der Waals surface area (Å²) in [5, 5.41) is 2.15. The van der Waals surface area contributed by atoms with Gasteiger partial charge in [0.15, 0.2) is 0 Å². The van der Waals surface area contributed by atoms with Crippen LogP contribution in [0.25, 0.3) is 0 Å². The molecular formula is C14H17IN2OS. The van der Waals surface area contributed by atoms with Gasteiger partial charge in [-0.05, 0) is 64.6 Å². The van der Waals surface area contributed by atoms with Gasteiger partial charge in [-0.1, -0.05) is 17.7 Å². The number of halogens is 1. The molecule has 1 aromatic heterocycles. The van der Waals surface area contributed by atoms with E-state index in [1.807, 2.05) is 6.07 Å². The Morgan fingerprint density at radius 3 is 2.79 bits per heavy atom. The minimum atomic E-state index is 0.107. The summed E-state index contributed by atoms with van der Waals surface area (Å²) < 4.78 is 6.69. The zero-order chi connectivity index (χ0) is 13.8. The highest BCUT2D eigenvalue weighted by molar-refractivity contribution is 14.1. The van der Waals surface area contributed by atoms with Crippen LogP contribution in [-0.4, -0.2) is 7.11 Å². The Hall–Kier alpha value is -0.630. The number of hydrogen-bond donors (Lipinski definition) is 2. The third-order valence-corrected chi connectivity index (χ3v) is 4.86. The highest BCUT2D eigenvalue weighted by Crippen LogP contribution is 2.28. The van der Waals surface area contributed by atoms with Gasteiger partial charge in [0.05, 0.1) is 16.0 Å². The lowest BCUT2D eigenvalue weighted by Gasteiger charge is -2.17. The van der Waals surface area contributed by atoms with Gasteiger partial charge in [-0.2, -0.15) is 0 Å². The van der Waals surface area contributed by atoms with Crippen LogP contribution in [0.3, 0.4) is 0 Å². The average Bonchev–Trinajstić information content (AvgIpc) is 2.82. The molecule has 0 aliphatic rings. The Bertz CT molecular complexity index is 556. The summed E-state index contributed by atoms with van der Waals surface area (Å²) in [6, 6.07) is 8.49. The number of rotatable bonds is 5. The lowest BCUT2D eigenvalue weighted by Crippen LogP contribution is -2.29. The second kappa shape index (κ2) is 6.69. The minimum absolute atomic E-state index is 0.107. The Balaban J connectivity index is 2.25. The summed E-state index contributed by atoms with van der Waals surface area (Å²) in [6.45, 7) is 2.08. The third-order valence-electron chi connectivity index (χ3n) is 3.05. The molecular weight excluding hydrogens is 371 g/mol. The van der Waals surface area contributed by atoms with E-state index in [1.165, 1.54) is 19.6 Å². The Labute approximate surface area is 131 Å².